The molecule has 1 saturated heterocycles. The molecule has 9 nitrogen and oxygen atoms in total. The number of nitrogens with one attached hydrogen (secondary N) is 3. The average Bonchev–Trinajstić information content (AvgIpc) is 3.00. The molecule has 0 spiro atoms. The summed E-state index contributed by atoms with van der Waals surface area (Å²) in [5.41, 5.74) is 3.45. The van der Waals surface area contributed by atoms with Crippen LogP contribution in [0.5, 0.6) is 17.2 Å². The Labute approximate surface area is 254 Å². The molecule has 1 aliphatic rings. The smallest absolute Gasteiger partial charge is 0.317 e. The number of phenolic OH excluding ortho intramolecular Hbond substituents is 1. The fourth-order valence-corrected chi connectivity index (χ4v) is 4.78. The van der Waals surface area contributed by atoms with E-state index in [1.807, 2.05) is 29.2 Å². The topological polar surface area (TPSA) is 115 Å². The van der Waals surface area contributed by atoms with Crippen molar-refractivity contribution in [1.82, 2.24) is 15.5 Å². The number of likely N-dealkylation sites (tertiary alicyclic amines) is 1. The molecule has 0 unspecified atom stereocenters. The predicted octanol–water partition coefficient (Wildman–Crippen LogP) is 4.22. The van der Waals surface area contributed by atoms with E-state index in [4.69, 9.17) is 9.47 Å². The van der Waals surface area contributed by atoms with Crippen molar-refractivity contribution in [3.8, 4) is 17.2 Å². The van der Waals surface area contributed by atoms with Gasteiger partial charge in [0.2, 0.25) is 0 Å². The van der Waals surface area contributed by atoms with Gasteiger partial charge in [0.05, 0.1) is 7.11 Å². The Hall–Kier alpha value is -3.66. The number of methoxy groups -OCH3 is 1. The van der Waals surface area contributed by atoms with Crippen LogP contribution in [0, 0.1) is 0 Å². The van der Waals surface area contributed by atoms with Crippen molar-refractivity contribution in [2.45, 2.75) is 37.8 Å². The van der Waals surface area contributed by atoms with Gasteiger partial charge in [-0.2, -0.15) is 0 Å². The number of halogens is 1. The monoisotopic (exact) mass is 598 g/mol. The summed E-state index contributed by atoms with van der Waals surface area (Å²) in [5, 5.41) is 29.4. The van der Waals surface area contributed by atoms with E-state index in [0.717, 1.165) is 62.3 Å². The molecule has 1 atom stereocenters. The molecule has 1 fully saturated rings. The first-order chi connectivity index (χ1) is 20.0. The van der Waals surface area contributed by atoms with Crippen LogP contribution in [0.4, 0.5) is 10.5 Å². The van der Waals surface area contributed by atoms with Crippen molar-refractivity contribution >= 4 is 24.1 Å². The fourth-order valence-electron chi connectivity index (χ4n) is 4.78. The number of aliphatic hydroxyl groups excluding tert-OH is 1. The summed E-state index contributed by atoms with van der Waals surface area (Å²) in [6, 6.07) is 23.2. The van der Waals surface area contributed by atoms with Crippen LogP contribution in [0.15, 0.2) is 72.8 Å². The molecule has 4 rings (SSSR count). The van der Waals surface area contributed by atoms with E-state index in [0.29, 0.717) is 24.9 Å². The number of rotatable bonds is 14. The minimum absolute atomic E-state index is 0. The number of nitrogens with zero attached hydrogens (tertiary/aromatic N) is 1. The van der Waals surface area contributed by atoms with Crippen molar-refractivity contribution in [2.75, 3.05) is 51.8 Å². The highest BCUT2D eigenvalue weighted by atomic mass is 35.5. The number of ether oxygens (including phenoxy) is 2. The third-order valence-electron chi connectivity index (χ3n) is 7.18. The molecular formula is C32H43ClN4O5. The Balaban J connectivity index is 0.00000484. The lowest BCUT2D eigenvalue weighted by molar-refractivity contribution is 0.106. The van der Waals surface area contributed by atoms with E-state index in [1.54, 1.807) is 31.4 Å². The Bertz CT molecular complexity index is 1200. The quantitative estimate of drug-likeness (QED) is 0.176. The van der Waals surface area contributed by atoms with Gasteiger partial charge < -0.3 is 40.5 Å². The molecule has 0 aromatic heterocycles. The van der Waals surface area contributed by atoms with Gasteiger partial charge in [-0.25, -0.2) is 4.79 Å². The lowest BCUT2D eigenvalue weighted by Gasteiger charge is -2.33. The molecule has 0 saturated carbocycles. The molecule has 2 amide bonds. The highest BCUT2D eigenvalue weighted by Crippen LogP contribution is 2.18. The largest absolute Gasteiger partial charge is 0.508 e. The summed E-state index contributed by atoms with van der Waals surface area (Å²) in [5.74, 6) is 1.63. The minimum Gasteiger partial charge on any atom is -0.508 e. The number of hydrogen-bond donors (Lipinski definition) is 5. The van der Waals surface area contributed by atoms with Crippen LogP contribution in [-0.2, 0) is 12.8 Å². The zero-order valence-corrected chi connectivity index (χ0v) is 24.9. The molecule has 42 heavy (non-hydrogen) atoms. The van der Waals surface area contributed by atoms with Gasteiger partial charge in [-0.15, -0.1) is 12.4 Å². The predicted molar refractivity (Wildman–Crippen MR) is 168 cm³/mol. The maximum Gasteiger partial charge on any atom is 0.317 e. The van der Waals surface area contributed by atoms with Crippen molar-refractivity contribution in [3.63, 3.8) is 0 Å². The molecule has 0 aliphatic carbocycles. The van der Waals surface area contributed by atoms with Crippen LogP contribution in [0.1, 0.15) is 24.0 Å². The number of amides is 2. The zero-order valence-electron chi connectivity index (χ0n) is 24.1. The average molecular weight is 599 g/mol. The Morgan fingerprint density at radius 1 is 0.952 bits per heavy atom. The van der Waals surface area contributed by atoms with Gasteiger partial charge in [0.15, 0.2) is 0 Å². The van der Waals surface area contributed by atoms with E-state index < -0.39 is 6.10 Å². The fraction of sp³-hybridized carbons (Fsp3) is 0.406. The highest BCUT2D eigenvalue weighted by molar-refractivity contribution is 5.85. The van der Waals surface area contributed by atoms with Crippen LogP contribution in [0.25, 0.3) is 0 Å². The van der Waals surface area contributed by atoms with E-state index >= 15 is 0 Å². The highest BCUT2D eigenvalue weighted by Gasteiger charge is 2.22. The second-order valence-electron chi connectivity index (χ2n) is 10.3. The SMILES string of the molecule is COc1cccc(CCNC(=O)N2CCC(Nc3ccc(CCNC[C@H](O)COc4ccc(O)cc4)cc3)CC2)c1.Cl. The molecule has 1 aliphatic heterocycles. The van der Waals surface area contributed by atoms with Crippen molar-refractivity contribution in [3.05, 3.63) is 83.9 Å². The van der Waals surface area contributed by atoms with Gasteiger partial charge in [-0.1, -0.05) is 24.3 Å². The summed E-state index contributed by atoms with van der Waals surface area (Å²) >= 11 is 0. The number of carbonyl (C=O) groups is 1. The summed E-state index contributed by atoms with van der Waals surface area (Å²) in [6.07, 6.45) is 2.83. The second-order valence-corrected chi connectivity index (χ2v) is 10.3. The lowest BCUT2D eigenvalue weighted by Crippen LogP contribution is -2.47. The number of carbonyl (C=O) groups excluding carboxylic acids is 1. The van der Waals surface area contributed by atoms with E-state index in [1.165, 1.54) is 5.56 Å². The van der Waals surface area contributed by atoms with Crippen LogP contribution < -0.4 is 25.4 Å². The first-order valence-corrected chi connectivity index (χ1v) is 14.3. The summed E-state index contributed by atoms with van der Waals surface area (Å²) in [4.78, 5) is 14.5. The van der Waals surface area contributed by atoms with Gasteiger partial charge in [0, 0.05) is 37.9 Å². The number of anilines is 1. The van der Waals surface area contributed by atoms with E-state index in [2.05, 4.69) is 40.2 Å². The summed E-state index contributed by atoms with van der Waals surface area (Å²) < 4.78 is 10.8. The molecule has 1 heterocycles. The van der Waals surface area contributed by atoms with Crippen molar-refractivity contribution in [2.24, 2.45) is 0 Å². The third kappa shape index (κ3) is 11.0. The minimum atomic E-state index is -0.619. The van der Waals surface area contributed by atoms with Gasteiger partial charge >= 0.3 is 6.03 Å². The van der Waals surface area contributed by atoms with Crippen LogP contribution in [0.3, 0.4) is 0 Å². The van der Waals surface area contributed by atoms with Crippen molar-refractivity contribution < 1.29 is 24.5 Å². The zero-order chi connectivity index (χ0) is 28.9. The summed E-state index contributed by atoms with van der Waals surface area (Å²) in [7, 11) is 1.66. The van der Waals surface area contributed by atoms with Gasteiger partial charge in [0.25, 0.3) is 0 Å². The first-order valence-electron chi connectivity index (χ1n) is 14.3. The molecular weight excluding hydrogens is 556 g/mol. The Morgan fingerprint density at radius 2 is 1.67 bits per heavy atom. The Morgan fingerprint density at radius 3 is 2.38 bits per heavy atom. The van der Waals surface area contributed by atoms with Crippen molar-refractivity contribution in [1.29, 1.82) is 0 Å². The number of phenols is 1. The molecule has 0 bridgehead atoms. The number of urea groups is 1. The summed E-state index contributed by atoms with van der Waals surface area (Å²) in [6.45, 7) is 3.45. The van der Waals surface area contributed by atoms with E-state index in [9.17, 15) is 15.0 Å². The van der Waals surface area contributed by atoms with Crippen LogP contribution in [0.2, 0.25) is 0 Å². The second kappa shape index (κ2) is 17.3. The van der Waals surface area contributed by atoms with Gasteiger partial charge in [-0.05, 0) is 91.9 Å². The Kier molecular flexibility index (Phi) is 13.6. The maximum atomic E-state index is 12.6. The van der Waals surface area contributed by atoms with E-state index in [-0.39, 0.29) is 30.8 Å². The first kappa shape index (κ1) is 32.8. The van der Waals surface area contributed by atoms with Crippen LogP contribution in [-0.4, -0.2) is 79.7 Å². The number of aromatic hydroxyl groups is 1. The number of hydrogen-bond acceptors (Lipinski definition) is 7. The molecule has 10 heteroatoms. The van der Waals surface area contributed by atoms with Gasteiger partial charge in [0.1, 0.15) is 30.0 Å². The number of aliphatic hydroxyl groups is 1. The lowest BCUT2D eigenvalue weighted by atomic mass is 10.0. The number of benzene rings is 3. The van der Waals surface area contributed by atoms with Crippen LogP contribution >= 0.6 is 12.4 Å². The van der Waals surface area contributed by atoms with Gasteiger partial charge in [-0.3, -0.25) is 0 Å². The maximum absolute atomic E-state index is 12.6. The molecule has 5 N–H and O–H groups in total. The number of piperidine rings is 1. The normalized spacial score (nSPS) is 14.0. The molecule has 3 aromatic carbocycles. The third-order valence-corrected chi connectivity index (χ3v) is 7.18. The molecule has 0 radical (unpaired) electrons. The standard InChI is InChI=1S/C32H42N4O5.ClH/c1-40-31-4-2-3-25(21-31)14-18-34-32(39)36-19-15-27(16-20-36)35-26-7-5-24(6-8-26)13-17-33-22-29(38)23-41-30-11-9-28(37)10-12-30;/h2-12,21,27,29,33,35,37-38H,13-20,22-23H2,1H3,(H,34,39);1H/t29-;/m0./s1. The molecule has 3 aromatic rings. The molecule has 228 valence electrons.